The number of methoxy groups -OCH3 is 1. The number of nitrogens with two attached hydrogens (primary N) is 1. The lowest BCUT2D eigenvalue weighted by molar-refractivity contribution is -0.126. The van der Waals surface area contributed by atoms with E-state index in [1.165, 1.54) is 0 Å². The van der Waals surface area contributed by atoms with E-state index in [1.807, 2.05) is 38.1 Å². The molecule has 0 spiro atoms. The zero-order valence-electron chi connectivity index (χ0n) is 12.0. The molecule has 1 amide bonds. The summed E-state index contributed by atoms with van der Waals surface area (Å²) in [7, 11) is 1.67. The van der Waals surface area contributed by atoms with E-state index in [1.54, 1.807) is 7.11 Å². The standard InChI is InChI=1S/C15H24N2O2/c1-11(2)14(8-16)15(18)17-9-12-5-4-6-13(7-12)10-19-3/h4-7,11,14H,8-10,16H2,1-3H3,(H,17,18). The van der Waals surface area contributed by atoms with Gasteiger partial charge in [-0.15, -0.1) is 0 Å². The zero-order chi connectivity index (χ0) is 14.3. The molecule has 0 bridgehead atoms. The zero-order valence-corrected chi connectivity index (χ0v) is 12.0. The molecule has 0 saturated heterocycles. The van der Waals surface area contributed by atoms with Gasteiger partial charge in [-0.2, -0.15) is 0 Å². The van der Waals surface area contributed by atoms with Gasteiger partial charge >= 0.3 is 0 Å². The quantitative estimate of drug-likeness (QED) is 0.787. The summed E-state index contributed by atoms with van der Waals surface area (Å²) in [6.45, 7) is 5.51. The van der Waals surface area contributed by atoms with E-state index in [4.69, 9.17) is 10.5 Å². The largest absolute Gasteiger partial charge is 0.380 e. The summed E-state index contributed by atoms with van der Waals surface area (Å²) in [5, 5.41) is 2.94. The lowest BCUT2D eigenvalue weighted by Gasteiger charge is -2.18. The van der Waals surface area contributed by atoms with Crippen LogP contribution in [0.5, 0.6) is 0 Å². The summed E-state index contributed by atoms with van der Waals surface area (Å²) in [5.41, 5.74) is 7.81. The van der Waals surface area contributed by atoms with Gasteiger partial charge in [0.25, 0.3) is 0 Å². The molecule has 4 nitrogen and oxygen atoms in total. The second kappa shape index (κ2) is 7.92. The van der Waals surface area contributed by atoms with Crippen LogP contribution in [-0.4, -0.2) is 19.6 Å². The van der Waals surface area contributed by atoms with Crippen LogP contribution >= 0.6 is 0 Å². The molecular formula is C15H24N2O2. The van der Waals surface area contributed by atoms with E-state index in [-0.39, 0.29) is 17.7 Å². The van der Waals surface area contributed by atoms with Crippen LogP contribution in [0, 0.1) is 11.8 Å². The normalized spacial score (nSPS) is 12.5. The highest BCUT2D eigenvalue weighted by Crippen LogP contribution is 2.10. The van der Waals surface area contributed by atoms with Crippen molar-refractivity contribution in [3.63, 3.8) is 0 Å². The number of hydrogen-bond acceptors (Lipinski definition) is 3. The topological polar surface area (TPSA) is 64.3 Å². The summed E-state index contributed by atoms with van der Waals surface area (Å²) in [6, 6.07) is 8.01. The average molecular weight is 264 g/mol. The number of amides is 1. The highest BCUT2D eigenvalue weighted by atomic mass is 16.5. The van der Waals surface area contributed by atoms with Gasteiger partial charge in [0.2, 0.25) is 5.91 Å². The van der Waals surface area contributed by atoms with E-state index in [0.29, 0.717) is 19.7 Å². The molecule has 1 atom stereocenters. The van der Waals surface area contributed by atoms with Crippen LogP contribution in [-0.2, 0) is 22.7 Å². The first kappa shape index (κ1) is 15.7. The molecule has 0 fully saturated rings. The van der Waals surface area contributed by atoms with E-state index < -0.39 is 0 Å². The van der Waals surface area contributed by atoms with Crippen molar-refractivity contribution in [2.45, 2.75) is 27.0 Å². The number of nitrogens with one attached hydrogen (secondary N) is 1. The van der Waals surface area contributed by atoms with Crippen LogP contribution in [0.15, 0.2) is 24.3 Å². The van der Waals surface area contributed by atoms with Gasteiger partial charge in [0.15, 0.2) is 0 Å². The fourth-order valence-corrected chi connectivity index (χ4v) is 2.00. The van der Waals surface area contributed by atoms with Crippen molar-refractivity contribution in [1.82, 2.24) is 5.32 Å². The van der Waals surface area contributed by atoms with Gasteiger partial charge in [0, 0.05) is 20.2 Å². The molecule has 0 heterocycles. The molecule has 1 rings (SSSR count). The summed E-state index contributed by atoms with van der Waals surface area (Å²) in [4.78, 5) is 12.0. The minimum absolute atomic E-state index is 0.0228. The Balaban J connectivity index is 2.56. The van der Waals surface area contributed by atoms with E-state index in [0.717, 1.165) is 11.1 Å². The molecule has 19 heavy (non-hydrogen) atoms. The fraction of sp³-hybridized carbons (Fsp3) is 0.533. The summed E-state index contributed by atoms with van der Waals surface area (Å²) in [5.74, 6) is 0.154. The molecule has 1 aromatic rings. The number of rotatable bonds is 7. The molecule has 3 N–H and O–H groups in total. The highest BCUT2D eigenvalue weighted by Gasteiger charge is 2.19. The third-order valence-electron chi connectivity index (χ3n) is 3.16. The van der Waals surface area contributed by atoms with E-state index in [2.05, 4.69) is 5.32 Å². The number of benzene rings is 1. The molecule has 106 valence electrons. The van der Waals surface area contributed by atoms with Crippen molar-refractivity contribution < 1.29 is 9.53 Å². The van der Waals surface area contributed by atoms with Crippen molar-refractivity contribution in [3.8, 4) is 0 Å². The van der Waals surface area contributed by atoms with Gasteiger partial charge in [-0.05, 0) is 17.0 Å². The van der Waals surface area contributed by atoms with Crippen molar-refractivity contribution in [2.75, 3.05) is 13.7 Å². The molecule has 0 aromatic heterocycles. The Labute approximate surface area is 115 Å². The molecule has 0 aliphatic carbocycles. The van der Waals surface area contributed by atoms with Crippen molar-refractivity contribution >= 4 is 5.91 Å². The SMILES string of the molecule is COCc1cccc(CNC(=O)C(CN)C(C)C)c1. The van der Waals surface area contributed by atoms with Gasteiger partial charge in [-0.1, -0.05) is 38.1 Å². The first-order valence-corrected chi connectivity index (χ1v) is 6.63. The Kier molecular flexibility index (Phi) is 6.53. The third kappa shape index (κ3) is 5.01. The van der Waals surface area contributed by atoms with Gasteiger partial charge in [0.05, 0.1) is 12.5 Å². The summed E-state index contributed by atoms with van der Waals surface area (Å²) >= 11 is 0. The lowest BCUT2D eigenvalue weighted by atomic mass is 9.95. The summed E-state index contributed by atoms with van der Waals surface area (Å²) in [6.07, 6.45) is 0. The number of hydrogen-bond donors (Lipinski definition) is 2. The van der Waals surface area contributed by atoms with Crippen LogP contribution in [0.1, 0.15) is 25.0 Å². The predicted molar refractivity (Wildman–Crippen MR) is 76.4 cm³/mol. The predicted octanol–water partition coefficient (Wildman–Crippen LogP) is 1.68. The molecular weight excluding hydrogens is 240 g/mol. The lowest BCUT2D eigenvalue weighted by Crippen LogP contribution is -2.37. The average Bonchev–Trinajstić information content (AvgIpc) is 2.37. The second-order valence-electron chi connectivity index (χ2n) is 5.06. The number of carbonyl (C=O) groups is 1. The number of ether oxygens (including phenoxy) is 1. The third-order valence-corrected chi connectivity index (χ3v) is 3.16. The van der Waals surface area contributed by atoms with Crippen molar-refractivity contribution in [1.29, 1.82) is 0 Å². The Bertz CT molecular complexity index is 405. The number of carbonyl (C=O) groups excluding carboxylic acids is 1. The van der Waals surface area contributed by atoms with Crippen LogP contribution in [0.4, 0.5) is 0 Å². The van der Waals surface area contributed by atoms with Crippen molar-refractivity contribution in [2.24, 2.45) is 17.6 Å². The maximum absolute atomic E-state index is 12.0. The summed E-state index contributed by atoms with van der Waals surface area (Å²) < 4.78 is 5.09. The minimum Gasteiger partial charge on any atom is -0.380 e. The first-order chi connectivity index (χ1) is 9.08. The Hall–Kier alpha value is -1.39. The maximum atomic E-state index is 12.0. The van der Waals surface area contributed by atoms with Gasteiger partial charge < -0.3 is 15.8 Å². The molecule has 0 saturated carbocycles. The molecule has 0 radical (unpaired) electrons. The molecule has 0 aliphatic heterocycles. The molecule has 0 aliphatic rings. The van der Waals surface area contributed by atoms with Crippen LogP contribution in [0.25, 0.3) is 0 Å². The van der Waals surface area contributed by atoms with Gasteiger partial charge in [-0.3, -0.25) is 4.79 Å². The van der Waals surface area contributed by atoms with Crippen molar-refractivity contribution in [3.05, 3.63) is 35.4 Å². The Morgan fingerprint density at radius 3 is 2.63 bits per heavy atom. The van der Waals surface area contributed by atoms with Crippen LogP contribution < -0.4 is 11.1 Å². The second-order valence-corrected chi connectivity index (χ2v) is 5.06. The molecule has 1 unspecified atom stereocenters. The molecule has 1 aromatic carbocycles. The smallest absolute Gasteiger partial charge is 0.224 e. The van der Waals surface area contributed by atoms with Crippen LogP contribution in [0.2, 0.25) is 0 Å². The fourth-order valence-electron chi connectivity index (χ4n) is 2.00. The molecule has 4 heteroatoms. The minimum atomic E-state index is -0.123. The monoisotopic (exact) mass is 264 g/mol. The van der Waals surface area contributed by atoms with Gasteiger partial charge in [0.1, 0.15) is 0 Å². The Morgan fingerprint density at radius 1 is 1.37 bits per heavy atom. The van der Waals surface area contributed by atoms with Gasteiger partial charge in [-0.25, -0.2) is 0 Å². The highest BCUT2D eigenvalue weighted by molar-refractivity contribution is 5.79. The Morgan fingerprint density at radius 2 is 2.05 bits per heavy atom. The maximum Gasteiger partial charge on any atom is 0.224 e. The van der Waals surface area contributed by atoms with E-state index in [9.17, 15) is 4.79 Å². The van der Waals surface area contributed by atoms with E-state index >= 15 is 0 Å². The van der Waals surface area contributed by atoms with Crippen LogP contribution in [0.3, 0.4) is 0 Å². The first-order valence-electron chi connectivity index (χ1n) is 6.63.